The van der Waals surface area contributed by atoms with Crippen LogP contribution in [0.1, 0.15) is 18.4 Å². The summed E-state index contributed by atoms with van der Waals surface area (Å²) in [5.74, 6) is -4.05. The third-order valence-electron chi connectivity index (χ3n) is 5.67. The standard InChI is InChI=1S/C22H20F5N5O4S/c1-14(33)30-7-9-31(10-8-30)37(34,35)32(18-4-2-3-17(23)12-18)13-16-6-5-15(11-19(16)24)20-28-29-21(36-20)22(25,26)27/h2-6,11-12H,7-10,13H2,1H3. The second-order valence-corrected chi connectivity index (χ2v) is 9.97. The van der Waals surface area contributed by atoms with Crippen molar-refractivity contribution in [3.63, 3.8) is 0 Å². The first-order valence-electron chi connectivity index (χ1n) is 10.8. The fraction of sp³-hybridized carbons (Fsp3) is 0.318. The topological polar surface area (TPSA) is 99.9 Å². The molecule has 0 bridgehead atoms. The predicted molar refractivity (Wildman–Crippen MR) is 120 cm³/mol. The van der Waals surface area contributed by atoms with E-state index in [0.717, 1.165) is 32.9 Å². The van der Waals surface area contributed by atoms with E-state index in [9.17, 15) is 30.8 Å². The minimum Gasteiger partial charge on any atom is -0.413 e. The lowest BCUT2D eigenvalue weighted by Crippen LogP contribution is -2.54. The summed E-state index contributed by atoms with van der Waals surface area (Å²) in [5, 5.41) is 6.17. The Bertz CT molecular complexity index is 1400. The summed E-state index contributed by atoms with van der Waals surface area (Å²) in [6.45, 7) is 1.08. The number of rotatable bonds is 6. The molecule has 1 aliphatic heterocycles. The summed E-state index contributed by atoms with van der Waals surface area (Å²) in [7, 11) is -4.30. The second kappa shape index (κ2) is 10.0. The first-order valence-corrected chi connectivity index (χ1v) is 12.2. The van der Waals surface area contributed by atoms with Crippen LogP contribution in [0.25, 0.3) is 11.5 Å². The molecule has 1 fully saturated rings. The molecular formula is C22H20F5N5O4S. The molecule has 37 heavy (non-hydrogen) atoms. The molecule has 0 spiro atoms. The molecule has 0 radical (unpaired) electrons. The lowest BCUT2D eigenvalue weighted by Gasteiger charge is -2.37. The average Bonchev–Trinajstić information content (AvgIpc) is 3.34. The Morgan fingerprint density at radius 3 is 2.32 bits per heavy atom. The Balaban J connectivity index is 1.64. The van der Waals surface area contributed by atoms with Crippen LogP contribution in [0, 0.1) is 11.6 Å². The van der Waals surface area contributed by atoms with E-state index in [1.54, 1.807) is 0 Å². The van der Waals surface area contributed by atoms with Gasteiger partial charge in [0.25, 0.3) is 0 Å². The van der Waals surface area contributed by atoms with Crippen LogP contribution in [0.3, 0.4) is 0 Å². The lowest BCUT2D eigenvalue weighted by molar-refractivity contribution is -0.157. The number of carbonyl (C=O) groups excluding carboxylic acids is 1. The number of halogens is 5. The fourth-order valence-electron chi connectivity index (χ4n) is 3.73. The number of aromatic nitrogens is 2. The first kappa shape index (κ1) is 26.5. The van der Waals surface area contributed by atoms with E-state index in [-0.39, 0.29) is 48.9 Å². The summed E-state index contributed by atoms with van der Waals surface area (Å²) in [6.07, 6.45) is -4.88. The van der Waals surface area contributed by atoms with E-state index >= 15 is 4.39 Å². The molecule has 0 N–H and O–H groups in total. The summed E-state index contributed by atoms with van der Waals surface area (Å²) in [6, 6.07) is 7.95. The van der Waals surface area contributed by atoms with Gasteiger partial charge in [0.1, 0.15) is 11.6 Å². The average molecular weight is 545 g/mol. The maximum atomic E-state index is 15.0. The van der Waals surface area contributed by atoms with Crippen molar-refractivity contribution in [2.45, 2.75) is 19.6 Å². The number of benzene rings is 2. The molecule has 1 saturated heterocycles. The van der Waals surface area contributed by atoms with Crippen molar-refractivity contribution >= 4 is 21.8 Å². The van der Waals surface area contributed by atoms with Crippen LogP contribution in [0.15, 0.2) is 46.9 Å². The molecule has 0 saturated carbocycles. The van der Waals surface area contributed by atoms with Crippen molar-refractivity contribution in [2.24, 2.45) is 0 Å². The molecule has 0 aliphatic carbocycles. The Hall–Kier alpha value is -3.59. The van der Waals surface area contributed by atoms with Crippen molar-refractivity contribution in [2.75, 3.05) is 30.5 Å². The Morgan fingerprint density at radius 2 is 1.76 bits per heavy atom. The van der Waals surface area contributed by atoms with Crippen LogP contribution in [0.5, 0.6) is 0 Å². The van der Waals surface area contributed by atoms with Gasteiger partial charge in [0.15, 0.2) is 0 Å². The molecule has 2 heterocycles. The smallest absolute Gasteiger partial charge is 0.413 e. The van der Waals surface area contributed by atoms with Crippen molar-refractivity contribution in [1.82, 2.24) is 19.4 Å². The largest absolute Gasteiger partial charge is 0.470 e. The van der Waals surface area contributed by atoms with E-state index < -0.39 is 46.3 Å². The van der Waals surface area contributed by atoms with Crippen molar-refractivity contribution in [1.29, 1.82) is 0 Å². The number of hydrogen-bond donors (Lipinski definition) is 0. The zero-order valence-electron chi connectivity index (χ0n) is 19.2. The van der Waals surface area contributed by atoms with Crippen LogP contribution in [-0.2, 0) is 27.7 Å². The highest BCUT2D eigenvalue weighted by molar-refractivity contribution is 7.90. The molecule has 4 rings (SSSR count). The van der Waals surface area contributed by atoms with Gasteiger partial charge in [-0.25, -0.2) is 8.78 Å². The van der Waals surface area contributed by atoms with E-state index in [4.69, 9.17) is 0 Å². The van der Waals surface area contributed by atoms with Gasteiger partial charge in [-0.2, -0.15) is 25.9 Å². The zero-order valence-corrected chi connectivity index (χ0v) is 20.1. The van der Waals surface area contributed by atoms with E-state index in [1.165, 1.54) is 30.0 Å². The summed E-state index contributed by atoms with van der Waals surface area (Å²) >= 11 is 0. The Labute approximate surface area is 208 Å². The molecule has 15 heteroatoms. The number of piperazine rings is 1. The van der Waals surface area contributed by atoms with Gasteiger partial charge >= 0.3 is 22.3 Å². The van der Waals surface area contributed by atoms with Gasteiger partial charge < -0.3 is 9.32 Å². The Kier molecular flexibility index (Phi) is 7.19. The SMILES string of the molecule is CC(=O)N1CCN(S(=O)(=O)N(Cc2ccc(-c3nnc(C(F)(F)F)o3)cc2F)c2cccc(F)c2)CC1. The minimum atomic E-state index is -4.88. The van der Waals surface area contributed by atoms with Gasteiger partial charge in [-0.1, -0.05) is 12.1 Å². The van der Waals surface area contributed by atoms with Gasteiger partial charge in [-0.15, -0.1) is 10.2 Å². The number of anilines is 1. The monoisotopic (exact) mass is 545 g/mol. The molecular weight excluding hydrogens is 525 g/mol. The van der Waals surface area contributed by atoms with Crippen molar-refractivity contribution in [3.8, 4) is 11.5 Å². The second-order valence-electron chi connectivity index (χ2n) is 8.12. The third kappa shape index (κ3) is 5.72. The Morgan fingerprint density at radius 1 is 1.05 bits per heavy atom. The number of hydrogen-bond acceptors (Lipinski definition) is 6. The van der Waals surface area contributed by atoms with Gasteiger partial charge in [0.2, 0.25) is 11.8 Å². The highest BCUT2D eigenvalue weighted by Crippen LogP contribution is 2.31. The molecule has 0 atom stereocenters. The molecule has 1 aliphatic rings. The predicted octanol–water partition coefficient (Wildman–Crippen LogP) is 3.45. The quantitative estimate of drug-likeness (QED) is 0.440. The molecule has 3 aromatic rings. The maximum Gasteiger partial charge on any atom is 0.470 e. The first-order chi connectivity index (χ1) is 17.4. The summed E-state index contributed by atoms with van der Waals surface area (Å²) in [4.78, 5) is 13.1. The molecule has 0 unspecified atom stereocenters. The lowest BCUT2D eigenvalue weighted by atomic mass is 10.1. The summed E-state index contributed by atoms with van der Waals surface area (Å²) in [5.41, 5.74) is -0.358. The van der Waals surface area contributed by atoms with Crippen LogP contribution in [-0.4, -0.2) is 59.9 Å². The molecule has 198 valence electrons. The summed E-state index contributed by atoms with van der Waals surface area (Å²) < 4.78 is 101. The fourth-order valence-corrected chi connectivity index (χ4v) is 5.31. The maximum absolute atomic E-state index is 15.0. The molecule has 2 aromatic carbocycles. The van der Waals surface area contributed by atoms with Gasteiger partial charge in [0.05, 0.1) is 12.2 Å². The van der Waals surface area contributed by atoms with Crippen LogP contribution in [0.2, 0.25) is 0 Å². The number of nitrogens with zero attached hydrogens (tertiary/aromatic N) is 5. The van der Waals surface area contributed by atoms with E-state index in [1.807, 2.05) is 0 Å². The number of amides is 1. The normalized spacial score (nSPS) is 15.1. The highest BCUT2D eigenvalue weighted by Gasteiger charge is 2.38. The van der Waals surface area contributed by atoms with Crippen LogP contribution in [0.4, 0.5) is 27.6 Å². The number of carbonyl (C=O) groups is 1. The molecule has 1 amide bonds. The van der Waals surface area contributed by atoms with Crippen LogP contribution < -0.4 is 4.31 Å². The van der Waals surface area contributed by atoms with Gasteiger partial charge in [-0.05, 0) is 30.3 Å². The van der Waals surface area contributed by atoms with E-state index in [0.29, 0.717) is 0 Å². The van der Waals surface area contributed by atoms with Gasteiger partial charge in [0, 0.05) is 44.2 Å². The van der Waals surface area contributed by atoms with Crippen LogP contribution >= 0.6 is 0 Å². The zero-order chi connectivity index (χ0) is 27.0. The van der Waals surface area contributed by atoms with Crippen molar-refractivity contribution < 1.29 is 39.6 Å². The number of alkyl halides is 3. The highest BCUT2D eigenvalue weighted by atomic mass is 32.2. The molecule has 9 nitrogen and oxygen atoms in total. The molecule has 1 aromatic heterocycles. The third-order valence-corrected chi connectivity index (χ3v) is 7.58. The van der Waals surface area contributed by atoms with Gasteiger partial charge in [-0.3, -0.25) is 9.10 Å². The minimum absolute atomic E-state index is 0.0200. The van der Waals surface area contributed by atoms with E-state index in [2.05, 4.69) is 14.6 Å². The van der Waals surface area contributed by atoms with Crippen molar-refractivity contribution in [3.05, 3.63) is 65.6 Å².